The van der Waals surface area contributed by atoms with E-state index in [-0.39, 0.29) is 11.9 Å². The molecule has 1 unspecified atom stereocenters. The zero-order valence-electron chi connectivity index (χ0n) is 20.2. The van der Waals surface area contributed by atoms with Gasteiger partial charge in [-0.25, -0.2) is 5.01 Å². The number of amides is 1. The van der Waals surface area contributed by atoms with Crippen molar-refractivity contribution >= 4 is 34.9 Å². The number of rotatable bonds is 7. The molecule has 0 aliphatic carbocycles. The van der Waals surface area contributed by atoms with Crippen LogP contribution in [0.4, 0.5) is 11.4 Å². The predicted molar refractivity (Wildman–Crippen MR) is 147 cm³/mol. The summed E-state index contributed by atoms with van der Waals surface area (Å²) in [7, 11) is 4.03. The summed E-state index contributed by atoms with van der Waals surface area (Å²) in [6.07, 6.45) is 3.91. The summed E-state index contributed by atoms with van der Waals surface area (Å²) >= 11 is 1.57. The highest BCUT2D eigenvalue weighted by Crippen LogP contribution is 2.35. The second kappa shape index (κ2) is 10.7. The average Bonchev–Trinajstić information content (AvgIpc) is 3.38. The fourth-order valence-corrected chi connectivity index (χ4v) is 4.77. The first-order chi connectivity index (χ1) is 17.6. The quantitative estimate of drug-likeness (QED) is 0.308. The van der Waals surface area contributed by atoms with Crippen LogP contribution in [0.5, 0.6) is 0 Å². The SMILES string of the molecule is CN(C)c1cccc(C2CC(c3ccc(NSc4ccccc4)cc3)=NN2C(=O)c2ccncc2)c1. The van der Waals surface area contributed by atoms with Gasteiger partial charge < -0.3 is 9.62 Å². The first-order valence-electron chi connectivity index (χ1n) is 11.8. The number of hydrogen-bond donors (Lipinski definition) is 1. The van der Waals surface area contributed by atoms with E-state index in [1.807, 2.05) is 50.5 Å². The minimum absolute atomic E-state index is 0.134. The Balaban J connectivity index is 1.40. The Labute approximate surface area is 215 Å². The zero-order chi connectivity index (χ0) is 24.9. The third kappa shape index (κ3) is 5.26. The molecule has 1 atom stereocenters. The van der Waals surface area contributed by atoms with Crippen molar-refractivity contribution < 1.29 is 4.79 Å². The molecular formula is C29H27N5OS. The second-order valence-corrected chi connectivity index (χ2v) is 9.62. The smallest absolute Gasteiger partial charge is 0.274 e. The van der Waals surface area contributed by atoms with Gasteiger partial charge in [-0.2, -0.15) is 5.10 Å². The van der Waals surface area contributed by atoms with Gasteiger partial charge in [0.05, 0.1) is 11.8 Å². The van der Waals surface area contributed by atoms with E-state index >= 15 is 0 Å². The number of carbonyl (C=O) groups is 1. The van der Waals surface area contributed by atoms with E-state index in [2.05, 4.69) is 57.1 Å². The molecule has 1 amide bonds. The van der Waals surface area contributed by atoms with E-state index in [1.54, 1.807) is 41.5 Å². The van der Waals surface area contributed by atoms with Crippen molar-refractivity contribution in [2.24, 2.45) is 5.10 Å². The van der Waals surface area contributed by atoms with Crippen LogP contribution >= 0.6 is 11.9 Å². The Morgan fingerprint density at radius 2 is 1.69 bits per heavy atom. The van der Waals surface area contributed by atoms with Gasteiger partial charge in [-0.1, -0.05) is 42.5 Å². The lowest BCUT2D eigenvalue weighted by Gasteiger charge is -2.23. The summed E-state index contributed by atoms with van der Waals surface area (Å²) in [5.74, 6) is -0.134. The lowest BCUT2D eigenvalue weighted by Crippen LogP contribution is -2.27. The highest BCUT2D eigenvalue weighted by Gasteiger charge is 2.34. The molecule has 0 fully saturated rings. The van der Waals surface area contributed by atoms with Crippen molar-refractivity contribution in [3.63, 3.8) is 0 Å². The van der Waals surface area contributed by atoms with Gasteiger partial charge in [0.2, 0.25) is 0 Å². The molecule has 0 saturated heterocycles. The molecule has 0 saturated carbocycles. The van der Waals surface area contributed by atoms with Crippen molar-refractivity contribution in [3.8, 4) is 0 Å². The maximum absolute atomic E-state index is 13.5. The summed E-state index contributed by atoms with van der Waals surface area (Å²) in [5.41, 5.74) is 5.61. The fourth-order valence-electron chi connectivity index (χ4n) is 4.11. The van der Waals surface area contributed by atoms with E-state index in [0.29, 0.717) is 12.0 Å². The van der Waals surface area contributed by atoms with Crippen molar-refractivity contribution in [2.45, 2.75) is 17.4 Å². The number of aromatic nitrogens is 1. The van der Waals surface area contributed by atoms with Gasteiger partial charge in [-0.15, -0.1) is 0 Å². The van der Waals surface area contributed by atoms with Crippen LogP contribution < -0.4 is 9.62 Å². The van der Waals surface area contributed by atoms with Gasteiger partial charge in [-0.3, -0.25) is 9.78 Å². The van der Waals surface area contributed by atoms with Crippen LogP contribution in [0.1, 0.15) is 33.9 Å². The standard InChI is InChI=1S/C29H27N5OS/c1-33(2)25-8-6-7-23(19-25)28-20-27(31-34(28)29(35)22-15-17-30-18-16-22)21-11-13-24(14-12-21)32-36-26-9-4-3-5-10-26/h3-19,28,32H,20H2,1-2H3. The third-order valence-corrected chi connectivity index (χ3v) is 6.91. The van der Waals surface area contributed by atoms with E-state index in [0.717, 1.165) is 33.1 Å². The Hall–Kier alpha value is -4.10. The Kier molecular flexibility index (Phi) is 7.00. The highest BCUT2D eigenvalue weighted by atomic mass is 32.2. The van der Waals surface area contributed by atoms with Crippen LogP contribution in [0.15, 0.2) is 113 Å². The summed E-state index contributed by atoms with van der Waals surface area (Å²) in [6, 6.07) is 30.0. The van der Waals surface area contributed by atoms with Gasteiger partial charge in [0, 0.05) is 54.7 Å². The minimum Gasteiger partial charge on any atom is -0.378 e. The zero-order valence-corrected chi connectivity index (χ0v) is 21.0. The number of anilines is 2. The number of carbonyl (C=O) groups excluding carboxylic acids is 1. The summed E-state index contributed by atoms with van der Waals surface area (Å²) < 4.78 is 3.38. The molecule has 0 radical (unpaired) electrons. The lowest BCUT2D eigenvalue weighted by molar-refractivity contribution is 0.0711. The van der Waals surface area contributed by atoms with Gasteiger partial charge in [-0.05, 0) is 71.6 Å². The van der Waals surface area contributed by atoms with Crippen LogP contribution in [-0.4, -0.2) is 35.7 Å². The second-order valence-electron chi connectivity index (χ2n) is 8.74. The van der Waals surface area contributed by atoms with Gasteiger partial charge in [0.15, 0.2) is 0 Å². The van der Waals surface area contributed by atoms with Crippen molar-refractivity contribution in [1.82, 2.24) is 9.99 Å². The van der Waals surface area contributed by atoms with E-state index in [1.165, 1.54) is 0 Å². The van der Waals surface area contributed by atoms with E-state index < -0.39 is 0 Å². The number of hydrazone groups is 1. The molecule has 180 valence electrons. The summed E-state index contributed by atoms with van der Waals surface area (Å²) in [4.78, 5) is 20.7. The number of benzene rings is 3. The van der Waals surface area contributed by atoms with Crippen LogP contribution in [0.25, 0.3) is 0 Å². The number of nitrogens with zero attached hydrogens (tertiary/aromatic N) is 4. The van der Waals surface area contributed by atoms with Crippen molar-refractivity contribution in [2.75, 3.05) is 23.7 Å². The number of nitrogens with one attached hydrogen (secondary N) is 1. The van der Waals surface area contributed by atoms with E-state index in [9.17, 15) is 4.79 Å². The molecule has 0 bridgehead atoms. The van der Waals surface area contributed by atoms with Gasteiger partial charge in [0.25, 0.3) is 5.91 Å². The predicted octanol–water partition coefficient (Wildman–Crippen LogP) is 6.26. The molecule has 6 nitrogen and oxygen atoms in total. The minimum atomic E-state index is -0.188. The largest absolute Gasteiger partial charge is 0.378 e. The van der Waals surface area contributed by atoms with Gasteiger partial charge >= 0.3 is 0 Å². The first-order valence-corrected chi connectivity index (χ1v) is 12.6. The molecule has 1 N–H and O–H groups in total. The Bertz CT molecular complexity index is 1360. The molecule has 3 aromatic carbocycles. The van der Waals surface area contributed by atoms with Crippen molar-refractivity contribution in [1.29, 1.82) is 0 Å². The maximum Gasteiger partial charge on any atom is 0.274 e. The van der Waals surface area contributed by atoms with Crippen LogP contribution in [0.3, 0.4) is 0 Å². The topological polar surface area (TPSA) is 60.8 Å². The van der Waals surface area contributed by atoms with E-state index in [4.69, 9.17) is 5.10 Å². The summed E-state index contributed by atoms with van der Waals surface area (Å²) in [5, 5.41) is 6.45. The highest BCUT2D eigenvalue weighted by molar-refractivity contribution is 8.00. The third-order valence-electron chi connectivity index (χ3n) is 6.07. The van der Waals surface area contributed by atoms with Crippen molar-refractivity contribution in [3.05, 3.63) is 120 Å². The molecular weight excluding hydrogens is 466 g/mol. The molecule has 5 rings (SSSR count). The first kappa shape index (κ1) is 23.6. The van der Waals surface area contributed by atoms with Crippen LogP contribution in [0, 0.1) is 0 Å². The lowest BCUT2D eigenvalue weighted by atomic mass is 9.97. The Morgan fingerprint density at radius 3 is 2.42 bits per heavy atom. The molecule has 1 aromatic heterocycles. The molecule has 1 aliphatic rings. The monoisotopic (exact) mass is 493 g/mol. The fraction of sp³-hybridized carbons (Fsp3) is 0.138. The Morgan fingerprint density at radius 1 is 0.944 bits per heavy atom. The molecule has 7 heteroatoms. The van der Waals surface area contributed by atoms with Crippen LogP contribution in [-0.2, 0) is 0 Å². The number of pyridine rings is 1. The molecule has 0 spiro atoms. The molecule has 2 heterocycles. The van der Waals surface area contributed by atoms with Gasteiger partial charge in [0.1, 0.15) is 0 Å². The molecule has 36 heavy (non-hydrogen) atoms. The molecule has 4 aromatic rings. The molecule has 1 aliphatic heterocycles. The van der Waals surface area contributed by atoms with Crippen LogP contribution in [0.2, 0.25) is 0 Å². The average molecular weight is 494 g/mol. The maximum atomic E-state index is 13.5. The normalized spacial score (nSPS) is 14.9. The summed E-state index contributed by atoms with van der Waals surface area (Å²) in [6.45, 7) is 0. The number of hydrogen-bond acceptors (Lipinski definition) is 6.